The fourth-order valence-electron chi connectivity index (χ4n) is 2.64. The van der Waals surface area contributed by atoms with Gasteiger partial charge in [0.25, 0.3) is 0 Å². The van der Waals surface area contributed by atoms with E-state index in [1.54, 1.807) is 17.4 Å². The van der Waals surface area contributed by atoms with Crippen molar-refractivity contribution in [3.63, 3.8) is 0 Å². The van der Waals surface area contributed by atoms with Crippen LogP contribution in [0.1, 0.15) is 28.3 Å². The number of rotatable bonds is 2. The van der Waals surface area contributed by atoms with Crippen LogP contribution in [-0.4, -0.2) is 11.8 Å². The van der Waals surface area contributed by atoms with Crippen molar-refractivity contribution in [2.24, 2.45) is 5.73 Å². The second-order valence-corrected chi connectivity index (χ2v) is 6.27. The zero-order valence-corrected chi connectivity index (χ0v) is 12.2. The monoisotopic (exact) mass is 283 g/mol. The van der Waals surface area contributed by atoms with Crippen molar-refractivity contribution in [3.8, 4) is 0 Å². The Morgan fingerprint density at radius 3 is 2.60 bits per heavy atom. The topological polar surface area (TPSA) is 43.1 Å². The average molecular weight is 283 g/mol. The summed E-state index contributed by atoms with van der Waals surface area (Å²) < 4.78 is 0. The van der Waals surface area contributed by atoms with E-state index in [4.69, 9.17) is 5.73 Å². The molecule has 1 heterocycles. The van der Waals surface area contributed by atoms with Gasteiger partial charge < -0.3 is 5.73 Å². The molecule has 0 bridgehead atoms. The highest BCUT2D eigenvalue weighted by Gasteiger charge is 2.31. The lowest BCUT2D eigenvalue weighted by atomic mass is 9.81. The number of carbonyl (C=O) groups is 1. The van der Waals surface area contributed by atoms with E-state index in [0.29, 0.717) is 0 Å². The summed E-state index contributed by atoms with van der Waals surface area (Å²) in [6, 6.07) is 12.0. The predicted octanol–water partition coefficient (Wildman–Crippen LogP) is 3.52. The number of hydrogen-bond donors (Lipinski definition) is 1. The molecule has 0 saturated heterocycles. The van der Waals surface area contributed by atoms with Crippen molar-refractivity contribution < 1.29 is 4.79 Å². The molecule has 0 saturated carbocycles. The third kappa shape index (κ3) is 2.47. The van der Waals surface area contributed by atoms with Crippen LogP contribution in [0.25, 0.3) is 5.57 Å². The molecule has 102 valence electrons. The molecule has 2 aromatic rings. The fourth-order valence-corrected chi connectivity index (χ4v) is 3.51. The molecule has 2 nitrogen and oxygen atoms in total. The molecule has 1 aliphatic rings. The molecule has 1 aromatic heterocycles. The van der Waals surface area contributed by atoms with Crippen LogP contribution >= 0.6 is 11.3 Å². The van der Waals surface area contributed by atoms with E-state index >= 15 is 0 Å². The van der Waals surface area contributed by atoms with E-state index in [0.717, 1.165) is 17.6 Å². The minimum absolute atomic E-state index is 0.0326. The first-order valence-electron chi connectivity index (χ1n) is 6.75. The number of aryl methyl sites for hydroxylation is 1. The Bertz CT molecular complexity index is 640. The van der Waals surface area contributed by atoms with Crippen LogP contribution in [0.5, 0.6) is 0 Å². The molecule has 0 spiro atoms. The van der Waals surface area contributed by atoms with Crippen molar-refractivity contribution in [3.05, 3.63) is 63.9 Å². The number of carbonyl (C=O) groups excluding carboxylic acids is 1. The highest BCUT2D eigenvalue weighted by atomic mass is 32.1. The van der Waals surface area contributed by atoms with Gasteiger partial charge in [0.05, 0.1) is 6.04 Å². The van der Waals surface area contributed by atoms with Gasteiger partial charge in [-0.3, -0.25) is 4.79 Å². The van der Waals surface area contributed by atoms with Gasteiger partial charge in [-0.2, -0.15) is 0 Å². The van der Waals surface area contributed by atoms with Gasteiger partial charge in [0.1, 0.15) is 0 Å². The van der Waals surface area contributed by atoms with Crippen LogP contribution in [0.3, 0.4) is 0 Å². The highest BCUT2D eigenvalue weighted by Crippen LogP contribution is 2.37. The summed E-state index contributed by atoms with van der Waals surface area (Å²) in [5.41, 5.74) is 9.53. The number of ketones is 1. The number of thiophene rings is 1. The van der Waals surface area contributed by atoms with Crippen LogP contribution < -0.4 is 5.73 Å². The molecule has 2 N–H and O–H groups in total. The maximum atomic E-state index is 12.2. The SMILES string of the molecule is Cc1ccc(C2=CC(=O)C(N)C(c3cccs3)C2)cc1. The minimum atomic E-state index is -0.414. The van der Waals surface area contributed by atoms with Gasteiger partial charge in [-0.15, -0.1) is 11.3 Å². The van der Waals surface area contributed by atoms with Crippen LogP contribution in [0, 0.1) is 6.92 Å². The van der Waals surface area contributed by atoms with E-state index in [1.165, 1.54) is 10.4 Å². The maximum absolute atomic E-state index is 12.2. The Kier molecular flexibility index (Phi) is 3.55. The van der Waals surface area contributed by atoms with Gasteiger partial charge in [-0.25, -0.2) is 0 Å². The lowest BCUT2D eigenvalue weighted by Gasteiger charge is -2.27. The molecule has 0 aliphatic heterocycles. The van der Waals surface area contributed by atoms with E-state index in [1.807, 2.05) is 11.4 Å². The molecule has 20 heavy (non-hydrogen) atoms. The van der Waals surface area contributed by atoms with E-state index in [-0.39, 0.29) is 11.7 Å². The van der Waals surface area contributed by atoms with Crippen LogP contribution in [0.4, 0.5) is 0 Å². The summed E-state index contributed by atoms with van der Waals surface area (Å²) in [5.74, 6) is 0.133. The number of benzene rings is 1. The van der Waals surface area contributed by atoms with Crippen molar-refractivity contribution in [1.29, 1.82) is 0 Å². The summed E-state index contributed by atoms with van der Waals surface area (Å²) in [5, 5.41) is 2.04. The number of hydrogen-bond acceptors (Lipinski definition) is 3. The zero-order chi connectivity index (χ0) is 14.1. The minimum Gasteiger partial charge on any atom is -0.321 e. The Morgan fingerprint density at radius 1 is 1.20 bits per heavy atom. The molecule has 0 amide bonds. The first-order valence-corrected chi connectivity index (χ1v) is 7.63. The van der Waals surface area contributed by atoms with Gasteiger partial charge in [-0.05, 0) is 42.0 Å². The second-order valence-electron chi connectivity index (χ2n) is 5.29. The Morgan fingerprint density at radius 2 is 1.95 bits per heavy atom. The zero-order valence-electron chi connectivity index (χ0n) is 11.4. The van der Waals surface area contributed by atoms with Crippen LogP contribution in [0.15, 0.2) is 47.9 Å². The van der Waals surface area contributed by atoms with E-state index < -0.39 is 6.04 Å². The molecule has 0 radical (unpaired) electrons. The quantitative estimate of drug-likeness (QED) is 0.916. The van der Waals surface area contributed by atoms with E-state index in [9.17, 15) is 4.79 Å². The third-order valence-corrected chi connectivity index (χ3v) is 4.85. The van der Waals surface area contributed by atoms with Crippen LogP contribution in [0.2, 0.25) is 0 Å². The van der Waals surface area contributed by atoms with Crippen LogP contribution in [-0.2, 0) is 4.79 Å². The smallest absolute Gasteiger partial charge is 0.173 e. The van der Waals surface area contributed by atoms with Gasteiger partial charge in [0.2, 0.25) is 0 Å². The third-order valence-electron chi connectivity index (χ3n) is 3.85. The van der Waals surface area contributed by atoms with E-state index in [2.05, 4.69) is 37.3 Å². The lowest BCUT2D eigenvalue weighted by Crippen LogP contribution is -2.38. The molecule has 2 unspecified atom stereocenters. The average Bonchev–Trinajstić information content (AvgIpc) is 2.96. The largest absolute Gasteiger partial charge is 0.321 e. The van der Waals surface area contributed by atoms with Gasteiger partial charge in [0.15, 0.2) is 5.78 Å². The predicted molar refractivity (Wildman–Crippen MR) is 83.8 cm³/mol. The molecular weight excluding hydrogens is 266 g/mol. The first-order chi connectivity index (χ1) is 9.65. The molecule has 3 rings (SSSR count). The molecule has 0 fully saturated rings. The maximum Gasteiger partial charge on any atom is 0.173 e. The van der Waals surface area contributed by atoms with Crippen molar-refractivity contribution in [1.82, 2.24) is 0 Å². The number of allylic oxidation sites excluding steroid dienone is 1. The Balaban J connectivity index is 1.95. The summed E-state index contributed by atoms with van der Waals surface area (Å²) in [6.07, 6.45) is 2.55. The number of nitrogens with two attached hydrogens (primary N) is 1. The molecule has 2 atom stereocenters. The normalized spacial score (nSPS) is 22.7. The highest BCUT2D eigenvalue weighted by molar-refractivity contribution is 7.10. The summed E-state index contributed by atoms with van der Waals surface area (Å²) >= 11 is 1.68. The van der Waals surface area contributed by atoms with Gasteiger partial charge >= 0.3 is 0 Å². The Hall–Kier alpha value is -1.71. The van der Waals surface area contributed by atoms with Crippen molar-refractivity contribution in [2.75, 3.05) is 0 Å². The summed E-state index contributed by atoms with van der Waals surface area (Å²) in [7, 11) is 0. The van der Waals surface area contributed by atoms with Gasteiger partial charge in [0, 0.05) is 10.8 Å². The molecule has 3 heteroatoms. The molecule has 1 aromatic carbocycles. The van der Waals surface area contributed by atoms with Gasteiger partial charge in [-0.1, -0.05) is 35.9 Å². The first kappa shape index (κ1) is 13.3. The summed E-state index contributed by atoms with van der Waals surface area (Å²) in [4.78, 5) is 13.4. The summed E-state index contributed by atoms with van der Waals surface area (Å²) in [6.45, 7) is 2.06. The standard InChI is InChI=1S/C17H17NOS/c1-11-4-6-12(7-5-11)13-9-14(16-3-2-8-20-16)17(18)15(19)10-13/h2-8,10,14,17H,9,18H2,1H3. The van der Waals surface area contributed by atoms with Crippen molar-refractivity contribution in [2.45, 2.75) is 25.3 Å². The second kappa shape index (κ2) is 5.35. The molecular formula is C17H17NOS. The molecule has 1 aliphatic carbocycles. The Labute approximate surface area is 122 Å². The van der Waals surface area contributed by atoms with Crippen molar-refractivity contribution >= 4 is 22.7 Å². The lowest BCUT2D eigenvalue weighted by molar-refractivity contribution is -0.116. The fraction of sp³-hybridized carbons (Fsp3) is 0.235.